The third-order valence-corrected chi connectivity index (χ3v) is 5.29. The molecular formula is C25H30F2N2O5. The van der Waals surface area contributed by atoms with Crippen molar-refractivity contribution < 1.29 is 32.6 Å². The van der Waals surface area contributed by atoms with Crippen molar-refractivity contribution >= 4 is 11.7 Å². The standard InChI is InChI=1S/C25H30F2N2O5/c1-2-11-32-12-13-33-14-15-34-21-8-7-20(26)23(27)22(21)24(30)17-3-5-18(6-4-17)25(31)29-19-9-10-28-16-19/h3-8,19,28H,2,9-16H2,1H3,(H,29,31)/t19-/m0/s1. The quantitative estimate of drug-likeness (QED) is 0.341. The maximum atomic E-state index is 14.6. The van der Waals surface area contributed by atoms with E-state index in [1.165, 1.54) is 30.3 Å². The van der Waals surface area contributed by atoms with Gasteiger partial charge >= 0.3 is 0 Å². The van der Waals surface area contributed by atoms with Crippen LogP contribution in [0.1, 0.15) is 46.0 Å². The maximum absolute atomic E-state index is 14.6. The summed E-state index contributed by atoms with van der Waals surface area (Å²) < 4.78 is 44.7. The van der Waals surface area contributed by atoms with Crippen molar-refractivity contribution in [3.05, 3.63) is 64.7 Å². The van der Waals surface area contributed by atoms with E-state index in [1.54, 1.807) is 0 Å². The van der Waals surface area contributed by atoms with Crippen molar-refractivity contribution in [2.45, 2.75) is 25.8 Å². The van der Waals surface area contributed by atoms with Crippen LogP contribution in [-0.4, -0.2) is 63.9 Å². The highest BCUT2D eigenvalue weighted by Crippen LogP contribution is 2.27. The van der Waals surface area contributed by atoms with Gasteiger partial charge in [0.05, 0.1) is 19.8 Å². The molecule has 1 aliphatic rings. The van der Waals surface area contributed by atoms with Gasteiger partial charge in [-0.25, -0.2) is 8.78 Å². The molecule has 34 heavy (non-hydrogen) atoms. The highest BCUT2D eigenvalue weighted by molar-refractivity contribution is 6.11. The van der Waals surface area contributed by atoms with E-state index < -0.39 is 23.0 Å². The van der Waals surface area contributed by atoms with Crippen LogP contribution in [0.4, 0.5) is 8.78 Å². The highest BCUT2D eigenvalue weighted by Gasteiger charge is 2.24. The molecule has 3 rings (SSSR count). The monoisotopic (exact) mass is 476 g/mol. The molecule has 0 radical (unpaired) electrons. The van der Waals surface area contributed by atoms with Crippen LogP contribution in [0.3, 0.4) is 0 Å². The fourth-order valence-corrected chi connectivity index (χ4v) is 3.51. The molecular weight excluding hydrogens is 446 g/mol. The van der Waals surface area contributed by atoms with Gasteiger partial charge in [0.2, 0.25) is 0 Å². The number of rotatable bonds is 13. The van der Waals surface area contributed by atoms with E-state index >= 15 is 0 Å². The molecule has 7 nitrogen and oxygen atoms in total. The Kier molecular flexibility index (Phi) is 9.93. The fourth-order valence-electron chi connectivity index (χ4n) is 3.51. The van der Waals surface area contributed by atoms with Crippen LogP contribution >= 0.6 is 0 Å². The summed E-state index contributed by atoms with van der Waals surface area (Å²) in [4.78, 5) is 25.4. The first-order valence-corrected chi connectivity index (χ1v) is 11.4. The van der Waals surface area contributed by atoms with Crippen LogP contribution < -0.4 is 15.4 Å². The number of carbonyl (C=O) groups is 2. The summed E-state index contributed by atoms with van der Waals surface area (Å²) in [6, 6.07) is 7.98. The second kappa shape index (κ2) is 13.1. The van der Waals surface area contributed by atoms with Crippen LogP contribution in [0.25, 0.3) is 0 Å². The molecule has 1 saturated heterocycles. The molecule has 2 aromatic carbocycles. The number of amides is 1. The highest BCUT2D eigenvalue weighted by atomic mass is 19.2. The summed E-state index contributed by atoms with van der Waals surface area (Å²) in [5.74, 6) is -3.51. The van der Waals surface area contributed by atoms with Crippen molar-refractivity contribution in [1.82, 2.24) is 10.6 Å². The molecule has 0 aromatic heterocycles. The van der Waals surface area contributed by atoms with Gasteiger partial charge in [0.15, 0.2) is 17.4 Å². The minimum atomic E-state index is -1.29. The van der Waals surface area contributed by atoms with E-state index in [1.807, 2.05) is 6.92 Å². The summed E-state index contributed by atoms with van der Waals surface area (Å²) in [5, 5.41) is 6.08. The van der Waals surface area contributed by atoms with Crippen LogP contribution in [0.5, 0.6) is 5.75 Å². The van der Waals surface area contributed by atoms with Crippen LogP contribution in [0, 0.1) is 11.6 Å². The average molecular weight is 477 g/mol. The number of ether oxygens (including phenoxy) is 3. The molecule has 2 aromatic rings. The number of benzene rings is 2. The van der Waals surface area contributed by atoms with E-state index in [-0.39, 0.29) is 36.5 Å². The predicted octanol–water partition coefficient (Wildman–Crippen LogP) is 3.11. The van der Waals surface area contributed by atoms with Gasteiger partial charge in [-0.15, -0.1) is 0 Å². The second-order valence-corrected chi connectivity index (χ2v) is 7.88. The maximum Gasteiger partial charge on any atom is 0.251 e. The van der Waals surface area contributed by atoms with Gasteiger partial charge in [0, 0.05) is 30.3 Å². The Hall–Kier alpha value is -2.88. The van der Waals surface area contributed by atoms with E-state index in [0.29, 0.717) is 31.9 Å². The SMILES string of the molecule is CCCOCCOCCOc1ccc(F)c(F)c1C(=O)c1ccc(C(=O)N[C@H]2CCNC2)cc1. The fraction of sp³-hybridized carbons (Fsp3) is 0.440. The first-order chi connectivity index (χ1) is 16.5. The number of nitrogens with one attached hydrogen (secondary N) is 2. The molecule has 1 fully saturated rings. The lowest BCUT2D eigenvalue weighted by atomic mass is 10.00. The molecule has 1 amide bonds. The van der Waals surface area contributed by atoms with Crippen molar-refractivity contribution in [1.29, 1.82) is 0 Å². The summed E-state index contributed by atoms with van der Waals surface area (Å²) in [6.45, 7) is 5.30. The Morgan fingerprint density at radius 3 is 2.32 bits per heavy atom. The number of carbonyl (C=O) groups excluding carboxylic acids is 2. The first-order valence-electron chi connectivity index (χ1n) is 11.4. The molecule has 0 aliphatic carbocycles. The van der Waals surface area contributed by atoms with Crippen molar-refractivity contribution in [3.8, 4) is 5.75 Å². The second-order valence-electron chi connectivity index (χ2n) is 7.88. The predicted molar refractivity (Wildman–Crippen MR) is 122 cm³/mol. The Morgan fingerprint density at radius 2 is 1.65 bits per heavy atom. The van der Waals surface area contributed by atoms with Gasteiger partial charge in [0.25, 0.3) is 5.91 Å². The molecule has 184 valence electrons. The van der Waals surface area contributed by atoms with Gasteiger partial charge < -0.3 is 24.8 Å². The smallest absolute Gasteiger partial charge is 0.251 e. The molecule has 0 unspecified atom stereocenters. The number of ketones is 1. The molecule has 2 N–H and O–H groups in total. The van der Waals surface area contributed by atoms with Crippen LogP contribution in [-0.2, 0) is 9.47 Å². The number of hydrogen-bond acceptors (Lipinski definition) is 6. The zero-order chi connectivity index (χ0) is 24.3. The van der Waals surface area contributed by atoms with Crippen molar-refractivity contribution in [2.75, 3.05) is 46.1 Å². The van der Waals surface area contributed by atoms with Gasteiger partial charge in [-0.1, -0.05) is 19.1 Å². The first kappa shape index (κ1) is 25.7. The van der Waals surface area contributed by atoms with E-state index in [0.717, 1.165) is 25.5 Å². The Morgan fingerprint density at radius 1 is 0.971 bits per heavy atom. The van der Waals surface area contributed by atoms with Crippen molar-refractivity contribution in [2.24, 2.45) is 0 Å². The van der Waals surface area contributed by atoms with Gasteiger partial charge in [-0.3, -0.25) is 9.59 Å². The molecule has 1 heterocycles. The summed E-state index contributed by atoms with van der Waals surface area (Å²) in [5.41, 5.74) is -0.0158. The molecule has 0 spiro atoms. The van der Waals surface area contributed by atoms with E-state index in [4.69, 9.17) is 14.2 Å². The molecule has 1 aliphatic heterocycles. The van der Waals surface area contributed by atoms with Gasteiger partial charge in [0.1, 0.15) is 17.9 Å². The molecule has 0 saturated carbocycles. The zero-order valence-electron chi connectivity index (χ0n) is 19.2. The zero-order valence-corrected chi connectivity index (χ0v) is 19.2. The lowest BCUT2D eigenvalue weighted by molar-refractivity contribution is 0.0364. The summed E-state index contributed by atoms with van der Waals surface area (Å²) in [7, 11) is 0. The van der Waals surface area contributed by atoms with E-state index in [9.17, 15) is 18.4 Å². The Balaban J connectivity index is 1.62. The number of hydrogen-bond donors (Lipinski definition) is 2. The third-order valence-electron chi connectivity index (χ3n) is 5.29. The van der Waals surface area contributed by atoms with Crippen LogP contribution in [0.15, 0.2) is 36.4 Å². The minimum Gasteiger partial charge on any atom is -0.490 e. The Bertz CT molecular complexity index is 963. The third kappa shape index (κ3) is 7.06. The Labute approximate surface area is 197 Å². The topological polar surface area (TPSA) is 85.9 Å². The lowest BCUT2D eigenvalue weighted by Gasteiger charge is -2.13. The summed E-state index contributed by atoms with van der Waals surface area (Å²) in [6.07, 6.45) is 1.77. The van der Waals surface area contributed by atoms with Crippen molar-refractivity contribution in [3.63, 3.8) is 0 Å². The van der Waals surface area contributed by atoms with Crippen LogP contribution in [0.2, 0.25) is 0 Å². The minimum absolute atomic E-state index is 0.0499. The van der Waals surface area contributed by atoms with Gasteiger partial charge in [-0.2, -0.15) is 0 Å². The van der Waals surface area contributed by atoms with Gasteiger partial charge in [-0.05, 0) is 43.7 Å². The van der Waals surface area contributed by atoms with E-state index in [2.05, 4.69) is 10.6 Å². The molecule has 0 bridgehead atoms. The number of halogens is 2. The average Bonchev–Trinajstić information content (AvgIpc) is 3.36. The largest absolute Gasteiger partial charge is 0.490 e. The lowest BCUT2D eigenvalue weighted by Crippen LogP contribution is -2.36. The normalized spacial score (nSPS) is 15.3. The summed E-state index contributed by atoms with van der Waals surface area (Å²) >= 11 is 0. The molecule has 1 atom stereocenters. The molecule has 9 heteroatoms.